The van der Waals surface area contributed by atoms with Gasteiger partial charge in [-0.3, -0.25) is 9.59 Å². The van der Waals surface area contributed by atoms with Crippen molar-refractivity contribution in [2.24, 2.45) is 0 Å². The second-order valence-corrected chi connectivity index (χ2v) is 6.89. The molecule has 0 N–H and O–H groups in total. The van der Waals surface area contributed by atoms with Crippen LogP contribution in [0.2, 0.25) is 0 Å². The van der Waals surface area contributed by atoms with E-state index in [9.17, 15) is 22.8 Å². The molecule has 0 atom stereocenters. The third kappa shape index (κ3) is 5.27. The Kier molecular flexibility index (Phi) is 7.28. The van der Waals surface area contributed by atoms with Crippen LogP contribution in [0.15, 0.2) is 29.2 Å². The fourth-order valence-electron chi connectivity index (χ4n) is 2.06. The molecule has 0 heterocycles. The Morgan fingerprint density at radius 2 is 1.35 bits per heavy atom. The van der Waals surface area contributed by atoms with Gasteiger partial charge >= 0.3 is 17.9 Å². The molecule has 10 heteroatoms. The standard InChI is InChI=1S/C16H20O9S/c1-11-5-7-12(8-6-11)26(20,21)25-16(15(19)24-4,9-13(17)22-2)10-14(18)23-3/h5-8H,9-10H2,1-4H3. The molecule has 0 aromatic heterocycles. The molecule has 0 aliphatic rings. The van der Waals surface area contributed by atoms with Crippen LogP contribution < -0.4 is 0 Å². The summed E-state index contributed by atoms with van der Waals surface area (Å²) in [6, 6.07) is 5.58. The van der Waals surface area contributed by atoms with E-state index in [1.165, 1.54) is 24.3 Å². The van der Waals surface area contributed by atoms with Crippen LogP contribution in [0.4, 0.5) is 0 Å². The maximum atomic E-state index is 12.6. The molecule has 0 radical (unpaired) electrons. The molecule has 0 fully saturated rings. The molecule has 1 aromatic carbocycles. The van der Waals surface area contributed by atoms with E-state index in [0.717, 1.165) is 26.9 Å². The molecule has 1 aromatic rings. The Morgan fingerprint density at radius 1 is 0.885 bits per heavy atom. The highest BCUT2D eigenvalue weighted by Crippen LogP contribution is 2.29. The summed E-state index contributed by atoms with van der Waals surface area (Å²) in [5, 5.41) is 0. The van der Waals surface area contributed by atoms with Gasteiger partial charge in [-0.15, -0.1) is 0 Å². The number of carbonyl (C=O) groups excluding carboxylic acids is 3. The molecule has 0 amide bonds. The minimum absolute atomic E-state index is 0.258. The fraction of sp³-hybridized carbons (Fsp3) is 0.438. The summed E-state index contributed by atoms with van der Waals surface area (Å²) in [4.78, 5) is 35.5. The normalized spacial score (nSPS) is 11.5. The Balaban J connectivity index is 3.40. The Hall–Kier alpha value is -2.46. The van der Waals surface area contributed by atoms with Gasteiger partial charge < -0.3 is 14.2 Å². The zero-order valence-electron chi connectivity index (χ0n) is 14.8. The lowest BCUT2D eigenvalue weighted by Crippen LogP contribution is -2.48. The summed E-state index contributed by atoms with van der Waals surface area (Å²) in [6.07, 6.45) is -1.73. The summed E-state index contributed by atoms with van der Waals surface area (Å²) >= 11 is 0. The van der Waals surface area contributed by atoms with Gasteiger partial charge in [0.25, 0.3) is 10.1 Å². The Bertz CT molecular complexity index is 747. The molecule has 0 unspecified atom stereocenters. The lowest BCUT2D eigenvalue weighted by atomic mass is 9.95. The van der Waals surface area contributed by atoms with E-state index in [1.54, 1.807) is 6.92 Å². The first-order valence-electron chi connectivity index (χ1n) is 7.34. The van der Waals surface area contributed by atoms with E-state index in [2.05, 4.69) is 14.2 Å². The number of aryl methyl sites for hydroxylation is 1. The monoisotopic (exact) mass is 388 g/mol. The van der Waals surface area contributed by atoms with Crippen molar-refractivity contribution in [3.05, 3.63) is 29.8 Å². The van der Waals surface area contributed by atoms with Gasteiger partial charge in [-0.25, -0.2) is 8.98 Å². The number of rotatable bonds is 8. The van der Waals surface area contributed by atoms with Gasteiger partial charge in [-0.05, 0) is 19.1 Å². The Labute approximate surface area is 151 Å². The van der Waals surface area contributed by atoms with Crippen molar-refractivity contribution >= 4 is 28.0 Å². The number of hydrogen-bond donors (Lipinski definition) is 0. The number of ether oxygens (including phenoxy) is 3. The van der Waals surface area contributed by atoms with E-state index in [4.69, 9.17) is 4.18 Å². The average Bonchev–Trinajstić information content (AvgIpc) is 2.60. The third-order valence-corrected chi connectivity index (χ3v) is 4.84. The maximum absolute atomic E-state index is 12.6. The van der Waals surface area contributed by atoms with Crippen molar-refractivity contribution in [3.8, 4) is 0 Å². The van der Waals surface area contributed by atoms with E-state index in [0.29, 0.717) is 0 Å². The first-order chi connectivity index (χ1) is 12.1. The zero-order valence-corrected chi connectivity index (χ0v) is 15.6. The number of methoxy groups -OCH3 is 3. The lowest BCUT2D eigenvalue weighted by Gasteiger charge is -2.28. The lowest BCUT2D eigenvalue weighted by molar-refractivity contribution is -0.170. The third-order valence-electron chi connectivity index (χ3n) is 3.45. The second-order valence-electron chi connectivity index (χ2n) is 5.34. The molecule has 0 saturated carbocycles. The maximum Gasteiger partial charge on any atom is 0.340 e. The molecule has 0 saturated heterocycles. The molecule has 26 heavy (non-hydrogen) atoms. The van der Waals surface area contributed by atoms with Gasteiger partial charge in [0, 0.05) is 0 Å². The predicted octanol–water partition coefficient (Wildman–Crippen LogP) is 0.738. The van der Waals surface area contributed by atoms with Gasteiger partial charge in [0.2, 0.25) is 5.60 Å². The van der Waals surface area contributed by atoms with Crippen LogP contribution in [0.5, 0.6) is 0 Å². The fourth-order valence-corrected chi connectivity index (χ4v) is 3.23. The molecule has 1 rings (SSSR count). The van der Waals surface area contributed by atoms with Crippen molar-refractivity contribution in [2.45, 2.75) is 30.3 Å². The van der Waals surface area contributed by atoms with Crippen LogP contribution in [0.1, 0.15) is 18.4 Å². The van der Waals surface area contributed by atoms with Gasteiger partial charge in [0.1, 0.15) is 0 Å². The van der Waals surface area contributed by atoms with Crippen LogP contribution >= 0.6 is 0 Å². The summed E-state index contributed by atoms with van der Waals surface area (Å²) in [7, 11) is -1.47. The van der Waals surface area contributed by atoms with Crippen molar-refractivity contribution < 1.29 is 41.2 Å². The number of carbonyl (C=O) groups is 3. The van der Waals surface area contributed by atoms with Gasteiger partial charge in [-0.2, -0.15) is 8.42 Å². The van der Waals surface area contributed by atoms with Crippen LogP contribution in [0, 0.1) is 6.92 Å². The highest BCUT2D eigenvalue weighted by Gasteiger charge is 2.50. The number of esters is 3. The number of hydrogen-bond acceptors (Lipinski definition) is 9. The van der Waals surface area contributed by atoms with E-state index in [1.807, 2.05) is 0 Å². The first kappa shape index (κ1) is 21.6. The summed E-state index contributed by atoms with van der Waals surface area (Å²) in [6.45, 7) is 1.75. The predicted molar refractivity (Wildman–Crippen MR) is 87.5 cm³/mol. The molecule has 0 aliphatic heterocycles. The Morgan fingerprint density at radius 3 is 1.73 bits per heavy atom. The largest absolute Gasteiger partial charge is 0.469 e. The van der Waals surface area contributed by atoms with Crippen molar-refractivity contribution in [1.82, 2.24) is 0 Å². The van der Waals surface area contributed by atoms with Gasteiger partial charge in [0.05, 0.1) is 39.1 Å². The van der Waals surface area contributed by atoms with Crippen LogP contribution in [0.25, 0.3) is 0 Å². The number of benzene rings is 1. The topological polar surface area (TPSA) is 122 Å². The molecule has 9 nitrogen and oxygen atoms in total. The average molecular weight is 388 g/mol. The van der Waals surface area contributed by atoms with Crippen LogP contribution in [-0.2, 0) is 42.9 Å². The van der Waals surface area contributed by atoms with Gasteiger partial charge in [0.15, 0.2) is 0 Å². The van der Waals surface area contributed by atoms with Crippen molar-refractivity contribution in [3.63, 3.8) is 0 Å². The molecular weight excluding hydrogens is 368 g/mol. The smallest absolute Gasteiger partial charge is 0.340 e. The van der Waals surface area contributed by atoms with E-state index in [-0.39, 0.29) is 4.90 Å². The molecular formula is C16H20O9S. The zero-order chi connectivity index (χ0) is 20.0. The van der Waals surface area contributed by atoms with Crippen molar-refractivity contribution in [1.29, 1.82) is 0 Å². The van der Waals surface area contributed by atoms with Crippen LogP contribution in [0.3, 0.4) is 0 Å². The molecule has 144 valence electrons. The SMILES string of the molecule is COC(=O)CC(CC(=O)OC)(OS(=O)(=O)c1ccc(C)cc1)C(=O)OC. The molecule has 0 bridgehead atoms. The highest BCUT2D eigenvalue weighted by molar-refractivity contribution is 7.86. The second kappa shape index (κ2) is 8.77. The van der Waals surface area contributed by atoms with Crippen molar-refractivity contribution in [2.75, 3.05) is 21.3 Å². The van der Waals surface area contributed by atoms with Gasteiger partial charge in [-0.1, -0.05) is 17.7 Å². The highest BCUT2D eigenvalue weighted by atomic mass is 32.2. The molecule has 0 aliphatic carbocycles. The quantitative estimate of drug-likeness (QED) is 0.360. The summed E-state index contributed by atoms with van der Waals surface area (Å²) in [5.74, 6) is -3.18. The molecule has 0 spiro atoms. The minimum atomic E-state index is -4.51. The summed E-state index contributed by atoms with van der Waals surface area (Å²) < 4.78 is 43.7. The first-order valence-corrected chi connectivity index (χ1v) is 8.75. The van der Waals surface area contributed by atoms with E-state index >= 15 is 0 Å². The summed E-state index contributed by atoms with van der Waals surface area (Å²) in [5.41, 5.74) is -1.66. The van der Waals surface area contributed by atoms with Crippen LogP contribution in [-0.4, -0.2) is 53.3 Å². The minimum Gasteiger partial charge on any atom is -0.469 e. The van der Waals surface area contributed by atoms with E-state index < -0.39 is 46.5 Å².